The van der Waals surface area contributed by atoms with Crippen molar-refractivity contribution >= 4 is 15.9 Å². The van der Waals surface area contributed by atoms with E-state index in [9.17, 15) is 0 Å². The minimum Gasteiger partial charge on any atom is -0.490 e. The Morgan fingerprint density at radius 1 is 1.22 bits per heavy atom. The van der Waals surface area contributed by atoms with Crippen molar-refractivity contribution in [2.24, 2.45) is 11.3 Å². The molecule has 2 nitrogen and oxygen atoms in total. The molecule has 98 valence electrons. The third-order valence-corrected chi connectivity index (χ3v) is 5.20. The van der Waals surface area contributed by atoms with E-state index in [2.05, 4.69) is 41.9 Å². The average Bonchev–Trinajstić information content (AvgIpc) is 3.04. The zero-order valence-corrected chi connectivity index (χ0v) is 12.5. The summed E-state index contributed by atoms with van der Waals surface area (Å²) in [5, 5.41) is 0. The largest absolute Gasteiger partial charge is 0.490 e. The SMILES string of the molecule is CC1(C)CC1C(Br)c1ccc2c(c1)OCCCO2. The Morgan fingerprint density at radius 2 is 1.89 bits per heavy atom. The quantitative estimate of drug-likeness (QED) is 0.757. The second kappa shape index (κ2) is 4.44. The number of fused-ring (bicyclic) bond motifs is 1. The van der Waals surface area contributed by atoms with E-state index in [0.717, 1.165) is 37.1 Å². The van der Waals surface area contributed by atoms with Crippen molar-refractivity contribution in [1.82, 2.24) is 0 Å². The molecule has 2 unspecified atom stereocenters. The molecule has 0 N–H and O–H groups in total. The number of ether oxygens (including phenoxy) is 2. The molecule has 1 aromatic rings. The number of hydrogen-bond donors (Lipinski definition) is 0. The molecule has 1 heterocycles. The highest BCUT2D eigenvalue weighted by atomic mass is 79.9. The van der Waals surface area contributed by atoms with Crippen molar-refractivity contribution in [3.8, 4) is 11.5 Å². The number of alkyl halides is 1. The van der Waals surface area contributed by atoms with Crippen molar-refractivity contribution in [2.75, 3.05) is 13.2 Å². The summed E-state index contributed by atoms with van der Waals surface area (Å²) in [5.41, 5.74) is 1.77. The van der Waals surface area contributed by atoms with Crippen LogP contribution in [0.25, 0.3) is 0 Å². The Hall–Kier alpha value is -0.700. The van der Waals surface area contributed by atoms with E-state index in [1.165, 1.54) is 12.0 Å². The Labute approximate surface area is 117 Å². The van der Waals surface area contributed by atoms with E-state index in [4.69, 9.17) is 9.47 Å². The lowest BCUT2D eigenvalue weighted by Crippen LogP contribution is -2.00. The molecule has 2 aliphatic rings. The van der Waals surface area contributed by atoms with Gasteiger partial charge in [-0.2, -0.15) is 0 Å². The summed E-state index contributed by atoms with van der Waals surface area (Å²) in [6.07, 6.45) is 2.24. The van der Waals surface area contributed by atoms with Crippen LogP contribution < -0.4 is 9.47 Å². The van der Waals surface area contributed by atoms with E-state index < -0.39 is 0 Å². The molecule has 1 saturated carbocycles. The molecule has 1 aliphatic heterocycles. The minimum atomic E-state index is 0.421. The summed E-state index contributed by atoms with van der Waals surface area (Å²) in [4.78, 5) is 0.421. The standard InChI is InChI=1S/C15H19BrO2/c1-15(2)9-11(15)14(16)10-4-5-12-13(8-10)18-7-3-6-17-12/h4-5,8,11,14H,3,6-7,9H2,1-2H3. The van der Waals surface area contributed by atoms with Gasteiger partial charge in [0.15, 0.2) is 11.5 Å². The molecule has 1 aliphatic carbocycles. The van der Waals surface area contributed by atoms with Crippen LogP contribution in [0.3, 0.4) is 0 Å². The number of rotatable bonds is 2. The highest BCUT2D eigenvalue weighted by Gasteiger charge is 2.49. The fourth-order valence-electron chi connectivity index (χ4n) is 2.59. The van der Waals surface area contributed by atoms with Gasteiger partial charge in [0.1, 0.15) is 0 Å². The van der Waals surface area contributed by atoms with Gasteiger partial charge in [-0.15, -0.1) is 0 Å². The summed E-state index contributed by atoms with van der Waals surface area (Å²) in [5.74, 6) is 2.50. The van der Waals surface area contributed by atoms with Gasteiger partial charge < -0.3 is 9.47 Å². The average molecular weight is 311 g/mol. The smallest absolute Gasteiger partial charge is 0.161 e. The van der Waals surface area contributed by atoms with Crippen LogP contribution in [0.4, 0.5) is 0 Å². The second-order valence-electron chi connectivity index (χ2n) is 5.96. The fraction of sp³-hybridized carbons (Fsp3) is 0.600. The molecular formula is C15H19BrO2. The maximum Gasteiger partial charge on any atom is 0.161 e. The van der Waals surface area contributed by atoms with Gasteiger partial charge in [0, 0.05) is 11.2 Å². The Balaban J connectivity index is 1.83. The summed E-state index contributed by atoms with van der Waals surface area (Å²) >= 11 is 3.84. The molecule has 0 aromatic heterocycles. The van der Waals surface area contributed by atoms with E-state index >= 15 is 0 Å². The molecule has 0 amide bonds. The Kier molecular flexibility index (Phi) is 3.05. The lowest BCUT2D eigenvalue weighted by atomic mass is 10.0. The first-order chi connectivity index (χ1) is 8.58. The lowest BCUT2D eigenvalue weighted by molar-refractivity contribution is 0.297. The van der Waals surface area contributed by atoms with Crippen LogP contribution in [0.15, 0.2) is 18.2 Å². The first kappa shape index (κ1) is 12.3. The van der Waals surface area contributed by atoms with Crippen molar-refractivity contribution in [1.29, 1.82) is 0 Å². The first-order valence-corrected chi connectivity index (χ1v) is 7.53. The Morgan fingerprint density at radius 3 is 2.56 bits per heavy atom. The molecule has 18 heavy (non-hydrogen) atoms. The predicted octanol–water partition coefficient (Wildman–Crippen LogP) is 4.33. The van der Waals surface area contributed by atoms with Crippen LogP contribution in [0.5, 0.6) is 11.5 Å². The molecule has 0 saturated heterocycles. The van der Waals surface area contributed by atoms with Crippen LogP contribution >= 0.6 is 15.9 Å². The van der Waals surface area contributed by atoms with Gasteiger partial charge in [0.2, 0.25) is 0 Å². The molecule has 3 rings (SSSR count). The summed E-state index contributed by atoms with van der Waals surface area (Å²) in [7, 11) is 0. The number of halogens is 1. The van der Waals surface area contributed by atoms with Crippen molar-refractivity contribution in [2.45, 2.75) is 31.5 Å². The van der Waals surface area contributed by atoms with E-state index in [1.807, 2.05) is 6.07 Å². The van der Waals surface area contributed by atoms with Gasteiger partial charge in [-0.3, -0.25) is 0 Å². The van der Waals surface area contributed by atoms with Crippen LogP contribution in [-0.2, 0) is 0 Å². The predicted molar refractivity (Wildman–Crippen MR) is 75.6 cm³/mol. The van der Waals surface area contributed by atoms with Crippen molar-refractivity contribution in [3.05, 3.63) is 23.8 Å². The lowest BCUT2D eigenvalue weighted by Gasteiger charge is -2.15. The molecular weight excluding hydrogens is 292 g/mol. The van der Waals surface area contributed by atoms with Gasteiger partial charge in [-0.05, 0) is 35.4 Å². The zero-order chi connectivity index (χ0) is 12.8. The van der Waals surface area contributed by atoms with Crippen LogP contribution in [0.1, 0.15) is 37.1 Å². The number of benzene rings is 1. The van der Waals surface area contributed by atoms with Crippen LogP contribution in [0, 0.1) is 11.3 Å². The van der Waals surface area contributed by atoms with Crippen molar-refractivity contribution < 1.29 is 9.47 Å². The fourth-order valence-corrected chi connectivity index (χ4v) is 3.78. The van der Waals surface area contributed by atoms with Crippen LogP contribution in [-0.4, -0.2) is 13.2 Å². The molecule has 0 spiro atoms. The van der Waals surface area contributed by atoms with Gasteiger partial charge in [0.05, 0.1) is 13.2 Å². The zero-order valence-electron chi connectivity index (χ0n) is 10.9. The van der Waals surface area contributed by atoms with Gasteiger partial charge >= 0.3 is 0 Å². The van der Waals surface area contributed by atoms with E-state index in [-0.39, 0.29) is 0 Å². The summed E-state index contributed by atoms with van der Waals surface area (Å²) in [6.45, 7) is 6.15. The first-order valence-electron chi connectivity index (χ1n) is 6.61. The molecule has 0 radical (unpaired) electrons. The second-order valence-corrected chi connectivity index (χ2v) is 6.94. The third-order valence-electron chi connectivity index (χ3n) is 4.03. The monoisotopic (exact) mass is 310 g/mol. The maximum absolute atomic E-state index is 5.75. The van der Waals surface area contributed by atoms with Gasteiger partial charge in [0.25, 0.3) is 0 Å². The normalized spacial score (nSPS) is 26.3. The highest BCUT2D eigenvalue weighted by molar-refractivity contribution is 9.09. The molecule has 1 aromatic carbocycles. The van der Waals surface area contributed by atoms with E-state index in [1.54, 1.807) is 0 Å². The molecule has 2 atom stereocenters. The summed E-state index contributed by atoms with van der Waals surface area (Å²) in [6, 6.07) is 6.33. The van der Waals surface area contributed by atoms with Gasteiger partial charge in [-0.1, -0.05) is 35.8 Å². The highest BCUT2D eigenvalue weighted by Crippen LogP contribution is 2.60. The molecule has 3 heteroatoms. The molecule has 0 bridgehead atoms. The van der Waals surface area contributed by atoms with E-state index in [0.29, 0.717) is 10.2 Å². The van der Waals surface area contributed by atoms with Crippen LogP contribution in [0.2, 0.25) is 0 Å². The van der Waals surface area contributed by atoms with Gasteiger partial charge in [-0.25, -0.2) is 0 Å². The molecule has 1 fully saturated rings. The topological polar surface area (TPSA) is 18.5 Å². The van der Waals surface area contributed by atoms with Crippen molar-refractivity contribution in [3.63, 3.8) is 0 Å². The Bertz CT molecular complexity index is 456. The summed E-state index contributed by atoms with van der Waals surface area (Å²) < 4.78 is 11.4. The maximum atomic E-state index is 5.75. The number of hydrogen-bond acceptors (Lipinski definition) is 2. The third kappa shape index (κ3) is 2.25. The minimum absolute atomic E-state index is 0.421.